The van der Waals surface area contributed by atoms with Crippen molar-refractivity contribution in [2.24, 2.45) is 0 Å². The number of amides is 1. The lowest BCUT2D eigenvalue weighted by Gasteiger charge is -2.14. The molecule has 0 aliphatic heterocycles. The minimum absolute atomic E-state index is 0.114. The maximum atomic E-state index is 12.2. The maximum Gasteiger partial charge on any atom is 0.336 e. The van der Waals surface area contributed by atoms with Crippen molar-refractivity contribution < 1.29 is 23.8 Å². The summed E-state index contributed by atoms with van der Waals surface area (Å²) in [5.41, 5.74) is 0.202. The van der Waals surface area contributed by atoms with Crippen molar-refractivity contribution in [1.82, 2.24) is 5.32 Å². The molecule has 25 heavy (non-hydrogen) atoms. The summed E-state index contributed by atoms with van der Waals surface area (Å²) < 4.78 is 10.2. The van der Waals surface area contributed by atoms with E-state index in [4.69, 9.17) is 9.15 Å². The molecule has 0 aliphatic rings. The van der Waals surface area contributed by atoms with Crippen LogP contribution in [0.15, 0.2) is 33.5 Å². The molecule has 2 aromatic rings. The van der Waals surface area contributed by atoms with Gasteiger partial charge in [0.2, 0.25) is 5.91 Å². The van der Waals surface area contributed by atoms with Gasteiger partial charge in [-0.1, -0.05) is 0 Å². The third-order valence-electron chi connectivity index (χ3n) is 3.63. The van der Waals surface area contributed by atoms with E-state index in [-0.39, 0.29) is 6.42 Å². The summed E-state index contributed by atoms with van der Waals surface area (Å²) in [5, 5.41) is 12.3. The Morgan fingerprint density at radius 3 is 2.76 bits per heavy atom. The Morgan fingerprint density at radius 1 is 1.36 bits per heavy atom. The van der Waals surface area contributed by atoms with Crippen molar-refractivity contribution in [1.29, 1.82) is 0 Å². The smallest absolute Gasteiger partial charge is 0.336 e. The van der Waals surface area contributed by atoms with Crippen LogP contribution in [0.3, 0.4) is 0 Å². The number of ether oxygens (including phenoxy) is 1. The molecule has 0 bridgehead atoms. The zero-order chi connectivity index (χ0) is 18.4. The monoisotopic (exact) mass is 365 g/mol. The van der Waals surface area contributed by atoms with Gasteiger partial charge in [-0.15, -0.1) is 0 Å². The van der Waals surface area contributed by atoms with E-state index >= 15 is 0 Å². The van der Waals surface area contributed by atoms with Crippen LogP contribution in [0.5, 0.6) is 5.75 Å². The fourth-order valence-electron chi connectivity index (χ4n) is 2.39. The van der Waals surface area contributed by atoms with Gasteiger partial charge in [0, 0.05) is 17.5 Å². The minimum Gasteiger partial charge on any atom is -0.497 e. The van der Waals surface area contributed by atoms with E-state index in [1.54, 1.807) is 18.2 Å². The second kappa shape index (κ2) is 8.57. The highest BCUT2D eigenvalue weighted by molar-refractivity contribution is 7.98. The Hall–Kier alpha value is -2.48. The van der Waals surface area contributed by atoms with E-state index in [0.717, 1.165) is 0 Å². The molecule has 1 amide bonds. The Kier molecular flexibility index (Phi) is 6.46. The summed E-state index contributed by atoms with van der Waals surface area (Å²) in [6.07, 6.45) is 2.08. The Labute approximate surface area is 148 Å². The zero-order valence-electron chi connectivity index (χ0n) is 13.9. The predicted molar refractivity (Wildman–Crippen MR) is 95.3 cm³/mol. The van der Waals surface area contributed by atoms with E-state index < -0.39 is 23.5 Å². The van der Waals surface area contributed by atoms with Crippen LogP contribution in [0.4, 0.5) is 0 Å². The number of hydrogen-bond acceptors (Lipinski definition) is 6. The summed E-state index contributed by atoms with van der Waals surface area (Å²) in [7, 11) is 1.50. The molecule has 8 heteroatoms. The number of carbonyl (C=O) groups is 2. The second-order valence-electron chi connectivity index (χ2n) is 5.37. The van der Waals surface area contributed by atoms with Crippen molar-refractivity contribution in [3.05, 3.63) is 40.2 Å². The van der Waals surface area contributed by atoms with Gasteiger partial charge in [0.05, 0.1) is 13.5 Å². The highest BCUT2D eigenvalue weighted by Gasteiger charge is 2.20. The molecule has 7 nitrogen and oxygen atoms in total. The van der Waals surface area contributed by atoms with E-state index in [9.17, 15) is 19.5 Å². The summed E-state index contributed by atoms with van der Waals surface area (Å²) >= 11 is 1.51. The number of benzene rings is 1. The molecule has 1 aromatic heterocycles. The largest absolute Gasteiger partial charge is 0.497 e. The van der Waals surface area contributed by atoms with Crippen LogP contribution in [-0.2, 0) is 16.0 Å². The normalized spacial score (nSPS) is 11.9. The number of nitrogens with one attached hydrogen (secondary N) is 1. The van der Waals surface area contributed by atoms with Gasteiger partial charge in [-0.3, -0.25) is 4.79 Å². The summed E-state index contributed by atoms with van der Waals surface area (Å²) in [6.45, 7) is 0. The van der Waals surface area contributed by atoms with Gasteiger partial charge in [-0.25, -0.2) is 9.59 Å². The number of fused-ring (bicyclic) bond motifs is 1. The number of carboxylic acids is 1. The molecule has 1 atom stereocenters. The number of carbonyl (C=O) groups excluding carboxylic acids is 1. The summed E-state index contributed by atoms with van der Waals surface area (Å²) in [5.74, 6) is -0.393. The fourth-order valence-corrected chi connectivity index (χ4v) is 2.87. The SMILES string of the molecule is COc1ccc2c(CC(=O)NC(CCSC)C(=O)O)cc(=O)oc2c1. The number of carboxylic acid groups (broad SMARTS) is 1. The van der Waals surface area contributed by atoms with Gasteiger partial charge in [0.1, 0.15) is 17.4 Å². The van der Waals surface area contributed by atoms with Crippen molar-refractivity contribution >= 4 is 34.6 Å². The Bertz CT molecular complexity index is 831. The highest BCUT2D eigenvalue weighted by atomic mass is 32.2. The Balaban J connectivity index is 2.22. The van der Waals surface area contributed by atoms with Gasteiger partial charge in [0.25, 0.3) is 0 Å². The molecule has 0 fully saturated rings. The molecule has 2 rings (SSSR count). The van der Waals surface area contributed by atoms with Crippen LogP contribution in [0.2, 0.25) is 0 Å². The van der Waals surface area contributed by atoms with Crippen LogP contribution in [-0.4, -0.2) is 42.1 Å². The molecular weight excluding hydrogens is 346 g/mol. The average molecular weight is 365 g/mol. The maximum absolute atomic E-state index is 12.2. The van der Waals surface area contributed by atoms with Crippen molar-refractivity contribution in [2.45, 2.75) is 18.9 Å². The lowest BCUT2D eigenvalue weighted by Crippen LogP contribution is -2.42. The summed E-state index contributed by atoms with van der Waals surface area (Å²) in [6, 6.07) is 5.25. The lowest BCUT2D eigenvalue weighted by atomic mass is 10.1. The molecule has 0 radical (unpaired) electrons. The highest BCUT2D eigenvalue weighted by Crippen LogP contribution is 2.22. The molecule has 0 aliphatic carbocycles. The number of hydrogen-bond donors (Lipinski definition) is 2. The number of methoxy groups -OCH3 is 1. The molecule has 2 N–H and O–H groups in total. The van der Waals surface area contributed by atoms with Gasteiger partial charge < -0.3 is 19.6 Å². The van der Waals surface area contributed by atoms with Gasteiger partial charge >= 0.3 is 11.6 Å². The molecule has 1 aromatic carbocycles. The van der Waals surface area contributed by atoms with Gasteiger partial charge in [0.15, 0.2) is 0 Å². The van der Waals surface area contributed by atoms with Crippen LogP contribution in [0.1, 0.15) is 12.0 Å². The topological polar surface area (TPSA) is 106 Å². The molecular formula is C17H19NO6S. The first-order valence-electron chi connectivity index (χ1n) is 7.56. The van der Waals surface area contributed by atoms with Crippen molar-refractivity contribution in [3.63, 3.8) is 0 Å². The van der Waals surface area contributed by atoms with Crippen molar-refractivity contribution in [3.8, 4) is 5.75 Å². The van der Waals surface area contributed by atoms with Crippen LogP contribution < -0.4 is 15.7 Å². The van der Waals surface area contributed by atoms with Crippen LogP contribution in [0.25, 0.3) is 11.0 Å². The third-order valence-corrected chi connectivity index (χ3v) is 4.28. The fraction of sp³-hybridized carbons (Fsp3) is 0.353. The van der Waals surface area contributed by atoms with Gasteiger partial charge in [-0.05, 0) is 36.1 Å². The third kappa shape index (κ3) is 4.99. The van der Waals surface area contributed by atoms with E-state index in [0.29, 0.717) is 34.5 Å². The first kappa shape index (κ1) is 18.9. The minimum atomic E-state index is -1.08. The molecule has 0 saturated carbocycles. The number of thioether (sulfide) groups is 1. The lowest BCUT2D eigenvalue weighted by molar-refractivity contribution is -0.141. The van der Waals surface area contributed by atoms with E-state index in [2.05, 4.69) is 5.32 Å². The van der Waals surface area contributed by atoms with E-state index in [1.165, 1.54) is 24.9 Å². The molecule has 0 saturated heterocycles. The first-order chi connectivity index (χ1) is 11.9. The molecule has 0 spiro atoms. The molecule has 134 valence electrons. The van der Waals surface area contributed by atoms with Crippen LogP contribution in [0, 0.1) is 0 Å². The van der Waals surface area contributed by atoms with E-state index in [1.807, 2.05) is 6.26 Å². The van der Waals surface area contributed by atoms with Gasteiger partial charge in [-0.2, -0.15) is 11.8 Å². The molecule has 1 heterocycles. The zero-order valence-corrected chi connectivity index (χ0v) is 14.7. The first-order valence-corrected chi connectivity index (χ1v) is 8.96. The second-order valence-corrected chi connectivity index (χ2v) is 6.35. The average Bonchev–Trinajstić information content (AvgIpc) is 2.57. The summed E-state index contributed by atoms with van der Waals surface area (Å²) in [4.78, 5) is 35.2. The molecule has 1 unspecified atom stereocenters. The standard InChI is InChI=1S/C17H19NO6S/c1-23-11-3-4-12-10(8-16(20)24-14(12)9-11)7-15(19)18-13(17(21)22)5-6-25-2/h3-4,8-9,13H,5-7H2,1-2H3,(H,18,19)(H,21,22). The van der Waals surface area contributed by atoms with Crippen molar-refractivity contribution in [2.75, 3.05) is 19.1 Å². The number of rotatable bonds is 8. The Morgan fingerprint density at radius 2 is 2.12 bits per heavy atom. The predicted octanol–water partition coefficient (Wildman–Crippen LogP) is 1.67. The number of aliphatic carboxylic acids is 1. The quantitative estimate of drug-likeness (QED) is 0.685. The van der Waals surface area contributed by atoms with Crippen LogP contribution >= 0.6 is 11.8 Å².